The predicted molar refractivity (Wildman–Crippen MR) is 66.8 cm³/mol. The van der Waals surface area contributed by atoms with Gasteiger partial charge in [-0.2, -0.15) is 0 Å². The van der Waals surface area contributed by atoms with Crippen LogP contribution in [-0.4, -0.2) is 28.1 Å². The van der Waals surface area contributed by atoms with Crippen LogP contribution < -0.4 is 5.32 Å². The van der Waals surface area contributed by atoms with E-state index < -0.39 is 5.60 Å². The van der Waals surface area contributed by atoms with Crippen molar-refractivity contribution < 1.29 is 9.90 Å². The summed E-state index contributed by atoms with van der Waals surface area (Å²) in [5, 5.41) is 12.8. The van der Waals surface area contributed by atoms with Crippen molar-refractivity contribution in [1.82, 2.24) is 10.3 Å². The molecule has 1 aromatic rings. The standard InChI is InChI=1S/C13H20N2O2/c1-4-13(17,5-2)9-15-12(16)11-6-7-14-8-10(11)3/h6-8,17H,4-5,9H2,1-3H3,(H,15,16). The molecule has 0 unspecified atom stereocenters. The fourth-order valence-corrected chi connectivity index (χ4v) is 1.57. The SMILES string of the molecule is CCC(O)(CC)CNC(=O)c1ccncc1C. The van der Waals surface area contributed by atoms with Gasteiger partial charge in [-0.3, -0.25) is 9.78 Å². The number of nitrogens with one attached hydrogen (secondary N) is 1. The molecule has 0 atom stereocenters. The summed E-state index contributed by atoms with van der Waals surface area (Å²) < 4.78 is 0. The Balaban J connectivity index is 2.65. The van der Waals surface area contributed by atoms with E-state index in [0.717, 1.165) is 5.56 Å². The summed E-state index contributed by atoms with van der Waals surface area (Å²) in [6, 6.07) is 1.68. The average Bonchev–Trinajstić information content (AvgIpc) is 2.36. The topological polar surface area (TPSA) is 62.2 Å². The maximum absolute atomic E-state index is 11.9. The third-order valence-corrected chi connectivity index (χ3v) is 3.16. The lowest BCUT2D eigenvalue weighted by Gasteiger charge is -2.25. The molecule has 0 spiro atoms. The van der Waals surface area contributed by atoms with Gasteiger partial charge in [0.15, 0.2) is 0 Å². The van der Waals surface area contributed by atoms with Crippen LogP contribution >= 0.6 is 0 Å². The zero-order valence-corrected chi connectivity index (χ0v) is 10.7. The molecule has 0 fully saturated rings. The van der Waals surface area contributed by atoms with Crippen molar-refractivity contribution in [3.8, 4) is 0 Å². The minimum atomic E-state index is -0.809. The van der Waals surface area contributed by atoms with Gasteiger partial charge in [-0.15, -0.1) is 0 Å². The number of nitrogens with zero attached hydrogens (tertiary/aromatic N) is 1. The molecule has 0 radical (unpaired) electrons. The zero-order valence-electron chi connectivity index (χ0n) is 10.7. The smallest absolute Gasteiger partial charge is 0.251 e. The normalized spacial score (nSPS) is 11.3. The molecule has 94 valence electrons. The number of pyridine rings is 1. The molecule has 0 aliphatic rings. The van der Waals surface area contributed by atoms with Gasteiger partial charge in [0.25, 0.3) is 5.91 Å². The highest BCUT2D eigenvalue weighted by Crippen LogP contribution is 2.13. The van der Waals surface area contributed by atoms with Crippen molar-refractivity contribution >= 4 is 5.91 Å². The number of aryl methyl sites for hydroxylation is 1. The van der Waals surface area contributed by atoms with E-state index >= 15 is 0 Å². The van der Waals surface area contributed by atoms with Gasteiger partial charge in [0.2, 0.25) is 0 Å². The number of hydrogen-bond donors (Lipinski definition) is 2. The van der Waals surface area contributed by atoms with Crippen LogP contribution in [0.5, 0.6) is 0 Å². The molecule has 0 aliphatic carbocycles. The Hall–Kier alpha value is -1.42. The first-order valence-corrected chi connectivity index (χ1v) is 5.93. The molecular weight excluding hydrogens is 216 g/mol. The molecule has 2 N–H and O–H groups in total. The minimum Gasteiger partial charge on any atom is -0.388 e. The molecule has 1 amide bonds. The molecule has 1 heterocycles. The van der Waals surface area contributed by atoms with Gasteiger partial charge in [0, 0.05) is 24.5 Å². The quantitative estimate of drug-likeness (QED) is 0.817. The first-order chi connectivity index (χ1) is 8.02. The molecule has 0 saturated heterocycles. The molecule has 0 aliphatic heterocycles. The fourth-order valence-electron chi connectivity index (χ4n) is 1.57. The molecular formula is C13H20N2O2. The highest BCUT2D eigenvalue weighted by Gasteiger charge is 2.23. The van der Waals surface area contributed by atoms with Crippen LogP contribution in [0.2, 0.25) is 0 Å². The molecule has 0 bridgehead atoms. The van der Waals surface area contributed by atoms with Gasteiger partial charge in [0.05, 0.1) is 5.60 Å². The van der Waals surface area contributed by atoms with Crippen molar-refractivity contribution in [3.05, 3.63) is 29.6 Å². The molecule has 4 nitrogen and oxygen atoms in total. The zero-order chi connectivity index (χ0) is 12.9. The summed E-state index contributed by atoms with van der Waals surface area (Å²) in [5.41, 5.74) is 0.632. The molecule has 1 aromatic heterocycles. The Bertz CT molecular complexity index is 387. The van der Waals surface area contributed by atoms with Gasteiger partial charge in [0.1, 0.15) is 0 Å². The Kier molecular flexibility index (Phi) is 4.63. The van der Waals surface area contributed by atoms with Crippen molar-refractivity contribution in [3.63, 3.8) is 0 Å². The second-order valence-corrected chi connectivity index (χ2v) is 4.30. The predicted octanol–water partition coefficient (Wildman–Crippen LogP) is 1.67. The number of amides is 1. The van der Waals surface area contributed by atoms with E-state index in [1.54, 1.807) is 18.5 Å². The summed E-state index contributed by atoms with van der Waals surface area (Å²) >= 11 is 0. The van der Waals surface area contributed by atoms with E-state index in [-0.39, 0.29) is 12.5 Å². The lowest BCUT2D eigenvalue weighted by atomic mass is 9.97. The second kappa shape index (κ2) is 5.77. The van der Waals surface area contributed by atoms with Crippen molar-refractivity contribution in [2.24, 2.45) is 0 Å². The fraction of sp³-hybridized carbons (Fsp3) is 0.538. The Labute approximate surface area is 102 Å². The summed E-state index contributed by atoms with van der Waals surface area (Å²) in [6.07, 6.45) is 4.49. The highest BCUT2D eigenvalue weighted by atomic mass is 16.3. The van der Waals surface area contributed by atoms with Gasteiger partial charge < -0.3 is 10.4 Å². The largest absolute Gasteiger partial charge is 0.388 e. The van der Waals surface area contributed by atoms with Crippen LogP contribution in [0.15, 0.2) is 18.5 Å². The van der Waals surface area contributed by atoms with Crippen LogP contribution in [0, 0.1) is 6.92 Å². The number of aliphatic hydroxyl groups is 1. The Morgan fingerprint density at radius 1 is 1.47 bits per heavy atom. The van der Waals surface area contributed by atoms with Gasteiger partial charge >= 0.3 is 0 Å². The third-order valence-electron chi connectivity index (χ3n) is 3.16. The van der Waals surface area contributed by atoms with Crippen molar-refractivity contribution in [1.29, 1.82) is 0 Å². The molecule has 4 heteroatoms. The van der Waals surface area contributed by atoms with Crippen LogP contribution in [-0.2, 0) is 0 Å². The van der Waals surface area contributed by atoms with Gasteiger partial charge in [-0.25, -0.2) is 0 Å². The average molecular weight is 236 g/mol. The number of carbonyl (C=O) groups is 1. The van der Waals surface area contributed by atoms with Gasteiger partial charge in [-0.05, 0) is 31.4 Å². The lowest BCUT2D eigenvalue weighted by Crippen LogP contribution is -2.42. The van der Waals surface area contributed by atoms with Crippen LogP contribution in [0.3, 0.4) is 0 Å². The first kappa shape index (κ1) is 13.6. The summed E-state index contributed by atoms with van der Waals surface area (Å²) in [5.74, 6) is -0.162. The van der Waals surface area contributed by atoms with Crippen LogP contribution in [0.1, 0.15) is 42.6 Å². The lowest BCUT2D eigenvalue weighted by molar-refractivity contribution is 0.0314. The Morgan fingerprint density at radius 2 is 2.12 bits per heavy atom. The number of carbonyl (C=O) groups excluding carboxylic acids is 1. The van der Waals surface area contributed by atoms with Crippen molar-refractivity contribution in [2.75, 3.05) is 6.54 Å². The van der Waals surface area contributed by atoms with E-state index in [9.17, 15) is 9.90 Å². The maximum atomic E-state index is 11.9. The van der Waals surface area contributed by atoms with E-state index in [2.05, 4.69) is 10.3 Å². The Morgan fingerprint density at radius 3 is 2.65 bits per heavy atom. The molecule has 17 heavy (non-hydrogen) atoms. The van der Waals surface area contributed by atoms with Crippen LogP contribution in [0.25, 0.3) is 0 Å². The molecule has 0 aromatic carbocycles. The highest BCUT2D eigenvalue weighted by molar-refractivity contribution is 5.95. The van der Waals surface area contributed by atoms with Crippen molar-refractivity contribution in [2.45, 2.75) is 39.2 Å². The van der Waals surface area contributed by atoms with E-state index in [4.69, 9.17) is 0 Å². The molecule has 0 saturated carbocycles. The van der Waals surface area contributed by atoms with E-state index in [1.165, 1.54) is 0 Å². The number of aromatic nitrogens is 1. The molecule has 1 rings (SSSR count). The van der Waals surface area contributed by atoms with Gasteiger partial charge in [-0.1, -0.05) is 13.8 Å². The third kappa shape index (κ3) is 3.53. The first-order valence-electron chi connectivity index (χ1n) is 5.93. The summed E-state index contributed by atoms with van der Waals surface area (Å²) in [7, 11) is 0. The monoisotopic (exact) mass is 236 g/mol. The number of rotatable bonds is 5. The minimum absolute atomic E-state index is 0.162. The summed E-state index contributed by atoms with van der Waals surface area (Å²) in [4.78, 5) is 15.8. The second-order valence-electron chi connectivity index (χ2n) is 4.30. The van der Waals surface area contributed by atoms with Crippen LogP contribution in [0.4, 0.5) is 0 Å². The van der Waals surface area contributed by atoms with E-state index in [0.29, 0.717) is 18.4 Å². The summed E-state index contributed by atoms with van der Waals surface area (Å²) in [6.45, 7) is 5.94. The maximum Gasteiger partial charge on any atom is 0.251 e. The number of hydrogen-bond acceptors (Lipinski definition) is 3. The van der Waals surface area contributed by atoms with E-state index in [1.807, 2.05) is 20.8 Å².